The van der Waals surface area contributed by atoms with Crippen molar-refractivity contribution in [3.05, 3.63) is 0 Å². The number of hydrogen-bond acceptors (Lipinski definition) is 3. The Morgan fingerprint density at radius 1 is 1.64 bits per heavy atom. The van der Waals surface area contributed by atoms with Crippen LogP contribution in [0.4, 0.5) is 0 Å². The van der Waals surface area contributed by atoms with Crippen molar-refractivity contribution in [2.24, 2.45) is 0 Å². The van der Waals surface area contributed by atoms with E-state index in [0.717, 1.165) is 0 Å². The van der Waals surface area contributed by atoms with Gasteiger partial charge in [-0.2, -0.15) is 5.26 Å². The monoisotopic (exact) mass is 155 g/mol. The van der Waals surface area contributed by atoms with E-state index in [2.05, 4.69) is 5.32 Å². The molecule has 0 heterocycles. The summed E-state index contributed by atoms with van der Waals surface area (Å²) in [5, 5.41) is 11.0. The zero-order chi connectivity index (χ0) is 8.69. The first-order chi connectivity index (χ1) is 5.18. The topological polar surface area (TPSA) is 56.1 Å². The van der Waals surface area contributed by atoms with Gasteiger partial charge >= 0.3 is 0 Å². The van der Waals surface area contributed by atoms with Gasteiger partial charge in [0, 0.05) is 27.1 Å². The van der Waals surface area contributed by atoms with Crippen LogP contribution in [0.2, 0.25) is 0 Å². The second-order valence-electron chi connectivity index (χ2n) is 2.37. The summed E-state index contributed by atoms with van der Waals surface area (Å²) in [6.07, 6.45) is 0.445. The van der Waals surface area contributed by atoms with Gasteiger partial charge in [0.15, 0.2) is 0 Å². The number of carbonyl (C=O) groups excluding carboxylic acids is 1. The third kappa shape index (κ3) is 5.37. The van der Waals surface area contributed by atoms with Crippen LogP contribution in [-0.4, -0.2) is 38.0 Å². The lowest BCUT2D eigenvalue weighted by Gasteiger charge is -2.09. The van der Waals surface area contributed by atoms with Gasteiger partial charge in [-0.25, -0.2) is 0 Å². The molecule has 0 aliphatic carbocycles. The molecule has 0 aromatic rings. The highest BCUT2D eigenvalue weighted by molar-refractivity contribution is 5.77. The summed E-state index contributed by atoms with van der Waals surface area (Å²) in [4.78, 5) is 12.4. The standard InChI is InChI=1S/C7H13N3O/c1-10(2)7(11)6-9-5-3-4-8/h9H,3,5-6H2,1-2H3. The molecule has 0 aliphatic heterocycles. The molecule has 0 fully saturated rings. The number of amides is 1. The molecule has 1 amide bonds. The van der Waals surface area contributed by atoms with Crippen molar-refractivity contribution in [2.45, 2.75) is 6.42 Å². The van der Waals surface area contributed by atoms with Crippen molar-refractivity contribution < 1.29 is 4.79 Å². The molecule has 0 aromatic carbocycles. The Hall–Kier alpha value is -1.08. The molecule has 0 saturated carbocycles. The van der Waals surface area contributed by atoms with E-state index >= 15 is 0 Å². The Morgan fingerprint density at radius 2 is 2.27 bits per heavy atom. The minimum atomic E-state index is 0.0305. The van der Waals surface area contributed by atoms with Crippen LogP contribution in [-0.2, 0) is 4.79 Å². The fraction of sp³-hybridized carbons (Fsp3) is 0.714. The van der Waals surface area contributed by atoms with Crippen molar-refractivity contribution >= 4 is 5.91 Å². The quantitative estimate of drug-likeness (QED) is 0.561. The molecule has 0 radical (unpaired) electrons. The third-order valence-electron chi connectivity index (χ3n) is 1.19. The molecule has 0 bridgehead atoms. The normalized spacial score (nSPS) is 8.82. The van der Waals surface area contributed by atoms with Crippen LogP contribution in [0.1, 0.15) is 6.42 Å². The van der Waals surface area contributed by atoms with Gasteiger partial charge in [-0.3, -0.25) is 4.79 Å². The maximum absolute atomic E-state index is 10.9. The average molecular weight is 155 g/mol. The number of nitrogens with zero attached hydrogens (tertiary/aromatic N) is 2. The largest absolute Gasteiger partial charge is 0.348 e. The predicted octanol–water partition coefficient (Wildman–Crippen LogP) is -0.422. The highest BCUT2D eigenvalue weighted by Crippen LogP contribution is 1.76. The van der Waals surface area contributed by atoms with Crippen molar-refractivity contribution in [1.29, 1.82) is 5.26 Å². The lowest BCUT2D eigenvalue weighted by atomic mass is 10.4. The molecule has 62 valence electrons. The lowest BCUT2D eigenvalue weighted by molar-refractivity contribution is -0.127. The van der Waals surface area contributed by atoms with Gasteiger partial charge in [0.25, 0.3) is 0 Å². The minimum absolute atomic E-state index is 0.0305. The van der Waals surface area contributed by atoms with Crippen molar-refractivity contribution in [3.8, 4) is 6.07 Å². The van der Waals surface area contributed by atoms with E-state index in [-0.39, 0.29) is 5.91 Å². The first-order valence-corrected chi connectivity index (χ1v) is 3.46. The van der Waals surface area contributed by atoms with Gasteiger partial charge in [0.05, 0.1) is 12.6 Å². The van der Waals surface area contributed by atoms with Crippen LogP contribution < -0.4 is 5.32 Å². The maximum atomic E-state index is 10.9. The molecular weight excluding hydrogens is 142 g/mol. The second kappa shape index (κ2) is 5.69. The van der Waals surface area contributed by atoms with Gasteiger partial charge in [0.2, 0.25) is 5.91 Å². The molecule has 11 heavy (non-hydrogen) atoms. The summed E-state index contributed by atoms with van der Waals surface area (Å²) in [5.41, 5.74) is 0. The third-order valence-corrected chi connectivity index (χ3v) is 1.19. The Balaban J connectivity index is 3.26. The van der Waals surface area contributed by atoms with E-state index in [1.807, 2.05) is 6.07 Å². The molecule has 4 heteroatoms. The van der Waals surface area contributed by atoms with E-state index in [0.29, 0.717) is 19.5 Å². The van der Waals surface area contributed by atoms with E-state index in [1.165, 1.54) is 4.90 Å². The van der Waals surface area contributed by atoms with Crippen LogP contribution in [0.15, 0.2) is 0 Å². The molecule has 0 aliphatic rings. The Kier molecular flexibility index (Phi) is 5.13. The smallest absolute Gasteiger partial charge is 0.236 e. The van der Waals surface area contributed by atoms with E-state index < -0.39 is 0 Å². The number of likely N-dealkylation sites (N-methyl/N-ethyl adjacent to an activating group) is 1. The van der Waals surface area contributed by atoms with E-state index in [4.69, 9.17) is 5.26 Å². The number of carbonyl (C=O) groups is 1. The first-order valence-electron chi connectivity index (χ1n) is 3.46. The summed E-state index contributed by atoms with van der Waals surface area (Å²) in [7, 11) is 3.41. The van der Waals surface area contributed by atoms with Crippen LogP contribution in [0.5, 0.6) is 0 Å². The van der Waals surface area contributed by atoms with E-state index in [9.17, 15) is 4.79 Å². The van der Waals surface area contributed by atoms with Gasteiger partial charge in [0.1, 0.15) is 0 Å². The molecule has 0 aromatic heterocycles. The van der Waals surface area contributed by atoms with Crippen LogP contribution >= 0.6 is 0 Å². The molecule has 0 spiro atoms. The molecule has 1 N–H and O–H groups in total. The van der Waals surface area contributed by atoms with Crippen molar-refractivity contribution in [2.75, 3.05) is 27.2 Å². The Morgan fingerprint density at radius 3 is 2.73 bits per heavy atom. The fourth-order valence-electron chi connectivity index (χ4n) is 0.498. The molecule has 0 saturated heterocycles. The molecule has 4 nitrogen and oxygen atoms in total. The Bertz CT molecular complexity index is 160. The van der Waals surface area contributed by atoms with Gasteiger partial charge in [-0.1, -0.05) is 0 Å². The Labute approximate surface area is 66.8 Å². The maximum Gasteiger partial charge on any atom is 0.236 e. The molecule has 0 unspecified atom stereocenters. The average Bonchev–Trinajstić information content (AvgIpc) is 1.97. The van der Waals surface area contributed by atoms with Gasteiger partial charge in [-0.05, 0) is 0 Å². The number of hydrogen-bond donors (Lipinski definition) is 1. The highest BCUT2D eigenvalue weighted by atomic mass is 16.2. The lowest BCUT2D eigenvalue weighted by Crippen LogP contribution is -2.33. The summed E-state index contributed by atoms with van der Waals surface area (Å²) in [6, 6.07) is 1.98. The summed E-state index contributed by atoms with van der Waals surface area (Å²) >= 11 is 0. The molecular formula is C7H13N3O. The zero-order valence-electron chi connectivity index (χ0n) is 6.92. The van der Waals surface area contributed by atoms with Crippen LogP contribution in [0, 0.1) is 11.3 Å². The SMILES string of the molecule is CN(C)C(=O)CNCCC#N. The summed E-state index contributed by atoms with van der Waals surface area (Å²) in [6.45, 7) is 0.894. The van der Waals surface area contributed by atoms with Crippen LogP contribution in [0.25, 0.3) is 0 Å². The second-order valence-corrected chi connectivity index (χ2v) is 2.37. The predicted molar refractivity (Wildman–Crippen MR) is 41.8 cm³/mol. The zero-order valence-corrected chi connectivity index (χ0v) is 6.92. The summed E-state index contributed by atoms with van der Waals surface area (Å²) < 4.78 is 0. The number of nitriles is 1. The van der Waals surface area contributed by atoms with Crippen molar-refractivity contribution in [1.82, 2.24) is 10.2 Å². The molecule has 0 rings (SSSR count). The number of nitrogens with one attached hydrogen (secondary N) is 1. The molecule has 0 atom stereocenters. The first kappa shape index (κ1) is 9.92. The van der Waals surface area contributed by atoms with Gasteiger partial charge in [-0.15, -0.1) is 0 Å². The highest BCUT2D eigenvalue weighted by Gasteiger charge is 2.00. The van der Waals surface area contributed by atoms with E-state index in [1.54, 1.807) is 14.1 Å². The number of rotatable bonds is 4. The minimum Gasteiger partial charge on any atom is -0.348 e. The fourth-order valence-corrected chi connectivity index (χ4v) is 0.498. The van der Waals surface area contributed by atoms with Crippen LogP contribution in [0.3, 0.4) is 0 Å². The van der Waals surface area contributed by atoms with Gasteiger partial charge < -0.3 is 10.2 Å². The summed E-state index contributed by atoms with van der Waals surface area (Å²) in [5.74, 6) is 0.0305. The van der Waals surface area contributed by atoms with Crippen molar-refractivity contribution in [3.63, 3.8) is 0 Å².